The molecule has 2 aromatic carbocycles. The molecule has 0 radical (unpaired) electrons. The van der Waals surface area contributed by atoms with Crippen molar-refractivity contribution in [3.8, 4) is 0 Å². The van der Waals surface area contributed by atoms with Crippen LogP contribution in [0.25, 0.3) is 17.0 Å². The number of hydrogen-bond donors (Lipinski definition) is 2. The van der Waals surface area contributed by atoms with Crippen LogP contribution in [0.4, 0.5) is 5.82 Å². The molecule has 1 aromatic heterocycles. The Labute approximate surface area is 141 Å². The number of carbonyl (C=O) groups is 1. The Morgan fingerprint density at radius 1 is 1.21 bits per heavy atom. The summed E-state index contributed by atoms with van der Waals surface area (Å²) in [6, 6.07) is 14.2. The minimum absolute atomic E-state index is 0.122. The molecule has 0 bridgehead atoms. The van der Waals surface area contributed by atoms with E-state index in [2.05, 4.69) is 41.4 Å². The van der Waals surface area contributed by atoms with Crippen LogP contribution in [0.2, 0.25) is 0 Å². The van der Waals surface area contributed by atoms with E-state index in [0.29, 0.717) is 12.2 Å². The Morgan fingerprint density at radius 3 is 2.88 bits per heavy atom. The molecular weight excluding hydrogens is 298 g/mol. The lowest BCUT2D eigenvalue weighted by molar-refractivity contribution is -0.114. The second kappa shape index (κ2) is 7.13. The quantitative estimate of drug-likeness (QED) is 0.676. The summed E-state index contributed by atoms with van der Waals surface area (Å²) < 4.78 is 0. The van der Waals surface area contributed by atoms with Crippen molar-refractivity contribution in [1.29, 1.82) is 0 Å². The van der Waals surface area contributed by atoms with E-state index in [1.54, 1.807) is 6.08 Å². The lowest BCUT2D eigenvalue weighted by Gasteiger charge is -2.02. The number of rotatable bonds is 6. The molecule has 24 heavy (non-hydrogen) atoms. The van der Waals surface area contributed by atoms with Gasteiger partial charge < -0.3 is 5.73 Å². The number of benzene rings is 2. The first-order valence-corrected chi connectivity index (χ1v) is 8.18. The van der Waals surface area contributed by atoms with Crippen molar-refractivity contribution in [1.82, 2.24) is 10.2 Å². The maximum Gasteiger partial charge on any atom is 0.156 e. The molecule has 0 fully saturated rings. The molecule has 0 saturated carbocycles. The molecular formula is C20H21N3O. The van der Waals surface area contributed by atoms with Crippen LogP contribution in [0.1, 0.15) is 30.0 Å². The number of nitrogens with one attached hydrogen (secondary N) is 1. The molecule has 0 atom stereocenters. The number of anilines is 1. The van der Waals surface area contributed by atoms with Crippen LogP contribution < -0.4 is 5.73 Å². The van der Waals surface area contributed by atoms with Gasteiger partial charge in [-0.05, 0) is 47.7 Å². The molecule has 3 aromatic rings. The Bertz CT molecular complexity index is 893. The van der Waals surface area contributed by atoms with E-state index in [-0.39, 0.29) is 5.78 Å². The summed E-state index contributed by atoms with van der Waals surface area (Å²) in [6.45, 7) is 2.14. The first-order valence-electron chi connectivity index (χ1n) is 8.18. The normalized spacial score (nSPS) is 11.4. The fraction of sp³-hybridized carbons (Fsp3) is 0.200. The fourth-order valence-corrected chi connectivity index (χ4v) is 2.70. The lowest BCUT2D eigenvalue weighted by atomic mass is 10.0. The smallest absolute Gasteiger partial charge is 0.156 e. The summed E-state index contributed by atoms with van der Waals surface area (Å²) >= 11 is 0. The van der Waals surface area contributed by atoms with Crippen LogP contribution >= 0.6 is 0 Å². The number of hydrogen-bond acceptors (Lipinski definition) is 3. The zero-order valence-corrected chi connectivity index (χ0v) is 13.8. The van der Waals surface area contributed by atoms with Crippen molar-refractivity contribution in [2.75, 3.05) is 5.73 Å². The third-order valence-corrected chi connectivity index (χ3v) is 4.14. The van der Waals surface area contributed by atoms with Gasteiger partial charge in [-0.3, -0.25) is 9.89 Å². The Hall–Kier alpha value is -2.88. The highest BCUT2D eigenvalue weighted by Gasteiger charge is 2.03. The Balaban J connectivity index is 1.62. The van der Waals surface area contributed by atoms with Crippen LogP contribution in [-0.2, 0) is 17.6 Å². The van der Waals surface area contributed by atoms with Crippen molar-refractivity contribution < 1.29 is 4.79 Å². The average Bonchev–Trinajstić information content (AvgIpc) is 2.99. The first-order chi connectivity index (χ1) is 11.7. The molecule has 1 heterocycles. The van der Waals surface area contributed by atoms with Gasteiger partial charge in [0.15, 0.2) is 11.6 Å². The number of aromatic nitrogens is 2. The van der Waals surface area contributed by atoms with Gasteiger partial charge in [0, 0.05) is 11.8 Å². The molecule has 4 nitrogen and oxygen atoms in total. The summed E-state index contributed by atoms with van der Waals surface area (Å²) in [4.78, 5) is 12.1. The molecule has 0 saturated heterocycles. The fourth-order valence-electron chi connectivity index (χ4n) is 2.70. The molecule has 4 heteroatoms. The Kier molecular flexibility index (Phi) is 4.75. The van der Waals surface area contributed by atoms with Gasteiger partial charge in [-0.15, -0.1) is 0 Å². The van der Waals surface area contributed by atoms with Crippen molar-refractivity contribution in [2.24, 2.45) is 0 Å². The topological polar surface area (TPSA) is 71.8 Å². The standard InChI is InChI=1S/C20H21N3O/c1-2-14-4-3-5-15(12-14)6-9-17(24)10-7-16-8-11-19-18(13-16)20(21)23-22-19/h3-5,7-8,10-13H,2,6,9H2,1H3,(H3,21,22,23)/b10-7+. The van der Waals surface area contributed by atoms with E-state index in [1.165, 1.54) is 11.1 Å². The summed E-state index contributed by atoms with van der Waals surface area (Å²) in [5.41, 5.74) is 10.2. The van der Waals surface area contributed by atoms with E-state index < -0.39 is 0 Å². The second-order valence-corrected chi connectivity index (χ2v) is 5.89. The highest BCUT2D eigenvalue weighted by atomic mass is 16.1. The van der Waals surface area contributed by atoms with Gasteiger partial charge in [-0.1, -0.05) is 43.3 Å². The second-order valence-electron chi connectivity index (χ2n) is 5.89. The molecule has 0 unspecified atom stereocenters. The molecule has 0 aliphatic carbocycles. The van der Waals surface area contributed by atoms with E-state index >= 15 is 0 Å². The Morgan fingerprint density at radius 2 is 2.04 bits per heavy atom. The average molecular weight is 319 g/mol. The molecule has 0 aliphatic heterocycles. The number of H-pyrrole nitrogens is 1. The van der Waals surface area contributed by atoms with Crippen LogP contribution in [-0.4, -0.2) is 16.0 Å². The lowest BCUT2D eigenvalue weighted by Crippen LogP contribution is -1.96. The van der Waals surface area contributed by atoms with E-state index in [4.69, 9.17) is 5.73 Å². The third kappa shape index (κ3) is 3.71. The highest BCUT2D eigenvalue weighted by molar-refractivity contribution is 5.95. The van der Waals surface area contributed by atoms with Gasteiger partial charge >= 0.3 is 0 Å². The van der Waals surface area contributed by atoms with Crippen molar-refractivity contribution >= 4 is 28.6 Å². The number of nitrogen functional groups attached to an aromatic ring is 1. The van der Waals surface area contributed by atoms with Crippen LogP contribution in [0.15, 0.2) is 48.5 Å². The van der Waals surface area contributed by atoms with Gasteiger partial charge in [-0.25, -0.2) is 0 Å². The van der Waals surface area contributed by atoms with Gasteiger partial charge in [0.25, 0.3) is 0 Å². The monoisotopic (exact) mass is 319 g/mol. The predicted octanol–water partition coefficient (Wildman–Crippen LogP) is 3.92. The van der Waals surface area contributed by atoms with E-state index in [0.717, 1.165) is 29.3 Å². The first kappa shape index (κ1) is 16.0. The predicted molar refractivity (Wildman–Crippen MR) is 98.7 cm³/mol. The molecule has 122 valence electrons. The van der Waals surface area contributed by atoms with Crippen molar-refractivity contribution in [3.63, 3.8) is 0 Å². The van der Waals surface area contributed by atoms with Gasteiger partial charge in [0.1, 0.15) is 0 Å². The van der Waals surface area contributed by atoms with Gasteiger partial charge in [-0.2, -0.15) is 5.10 Å². The SMILES string of the molecule is CCc1cccc(CCC(=O)/C=C/c2ccc3[nH]nc(N)c3c2)c1. The summed E-state index contributed by atoms with van der Waals surface area (Å²) in [5.74, 6) is 0.597. The third-order valence-electron chi connectivity index (χ3n) is 4.14. The largest absolute Gasteiger partial charge is 0.382 e. The van der Waals surface area contributed by atoms with Crippen LogP contribution in [0, 0.1) is 0 Å². The van der Waals surface area contributed by atoms with Crippen molar-refractivity contribution in [2.45, 2.75) is 26.2 Å². The maximum atomic E-state index is 12.1. The molecule has 3 N–H and O–H groups in total. The zero-order valence-electron chi connectivity index (χ0n) is 13.8. The number of fused-ring (bicyclic) bond motifs is 1. The van der Waals surface area contributed by atoms with Crippen LogP contribution in [0.5, 0.6) is 0 Å². The molecule has 0 spiro atoms. The molecule has 3 rings (SSSR count). The minimum atomic E-state index is 0.122. The number of nitrogens with two attached hydrogens (primary N) is 1. The number of nitrogens with zero attached hydrogens (tertiary/aromatic N) is 1. The minimum Gasteiger partial charge on any atom is -0.382 e. The van der Waals surface area contributed by atoms with Crippen LogP contribution in [0.3, 0.4) is 0 Å². The summed E-state index contributed by atoms with van der Waals surface area (Å²) in [5, 5.41) is 7.71. The molecule has 0 amide bonds. The zero-order chi connectivity index (χ0) is 16.9. The van der Waals surface area contributed by atoms with Crippen molar-refractivity contribution in [3.05, 3.63) is 65.2 Å². The number of carbonyl (C=O) groups excluding carboxylic acids is 1. The number of ketones is 1. The summed E-state index contributed by atoms with van der Waals surface area (Å²) in [6.07, 6.45) is 5.77. The summed E-state index contributed by atoms with van der Waals surface area (Å²) in [7, 11) is 0. The van der Waals surface area contributed by atoms with Gasteiger partial charge in [0.05, 0.1) is 5.52 Å². The van der Waals surface area contributed by atoms with E-state index in [1.807, 2.05) is 24.3 Å². The molecule has 0 aliphatic rings. The van der Waals surface area contributed by atoms with E-state index in [9.17, 15) is 4.79 Å². The maximum absolute atomic E-state index is 12.1. The number of aromatic amines is 1. The number of aryl methyl sites for hydroxylation is 2. The van der Waals surface area contributed by atoms with Gasteiger partial charge in [0.2, 0.25) is 0 Å². The number of allylic oxidation sites excluding steroid dienone is 1. The highest BCUT2D eigenvalue weighted by Crippen LogP contribution is 2.20.